The fraction of sp³-hybridized carbons (Fsp3) is 0.636. The van der Waals surface area contributed by atoms with Gasteiger partial charge in [0.2, 0.25) is 5.91 Å². The highest BCUT2D eigenvalue weighted by Crippen LogP contribution is 2.39. The molecule has 1 aliphatic rings. The first-order chi connectivity index (χ1) is 14.0. The molecule has 1 fully saturated rings. The summed E-state index contributed by atoms with van der Waals surface area (Å²) in [6, 6.07) is 2.27. The molecule has 9 heteroatoms. The van der Waals surface area contributed by atoms with Gasteiger partial charge in [-0.15, -0.1) is 0 Å². The number of anilines is 1. The molecule has 6 nitrogen and oxygen atoms in total. The van der Waals surface area contributed by atoms with Crippen molar-refractivity contribution in [2.45, 2.75) is 83.8 Å². The highest BCUT2D eigenvalue weighted by Gasteiger charge is 2.46. The Balaban J connectivity index is 2.23. The number of hydrogen-bond donors (Lipinski definition) is 1. The Kier molecular flexibility index (Phi) is 7.22. The van der Waals surface area contributed by atoms with E-state index in [1.165, 1.54) is 11.0 Å². The van der Waals surface area contributed by atoms with Crippen LogP contribution in [0.5, 0.6) is 0 Å². The zero-order chi connectivity index (χ0) is 23.8. The van der Waals surface area contributed by atoms with Gasteiger partial charge in [-0.3, -0.25) is 9.69 Å². The molecule has 0 unspecified atom stereocenters. The molecular weight excluding hydrogens is 422 g/mol. The van der Waals surface area contributed by atoms with Crippen LogP contribution in [0.15, 0.2) is 18.2 Å². The lowest BCUT2D eigenvalue weighted by molar-refractivity contribution is -0.120. The van der Waals surface area contributed by atoms with Crippen molar-refractivity contribution in [2.24, 2.45) is 0 Å². The predicted molar refractivity (Wildman–Crippen MR) is 118 cm³/mol. The summed E-state index contributed by atoms with van der Waals surface area (Å²) in [6.45, 7) is 16.0. The second-order valence-corrected chi connectivity index (χ2v) is 15.3. The minimum absolute atomic E-state index is 0.0320. The largest absolute Gasteiger partial charge is 0.444 e. The van der Waals surface area contributed by atoms with E-state index in [9.17, 15) is 18.4 Å². The first-order valence-corrected chi connectivity index (χ1v) is 13.3. The van der Waals surface area contributed by atoms with Crippen molar-refractivity contribution in [1.29, 1.82) is 0 Å². The Bertz CT molecular complexity index is 834. The number of nitrogens with zero attached hydrogens (tertiary/aromatic N) is 1. The van der Waals surface area contributed by atoms with Gasteiger partial charge < -0.3 is 14.5 Å². The van der Waals surface area contributed by atoms with Crippen LogP contribution in [0, 0.1) is 11.6 Å². The van der Waals surface area contributed by atoms with Crippen LogP contribution in [-0.2, 0) is 14.0 Å². The van der Waals surface area contributed by atoms with Crippen molar-refractivity contribution < 1.29 is 27.5 Å². The number of carbonyl (C=O) groups is 2. The Hall–Kier alpha value is -2.00. The number of hydrogen-bond acceptors (Lipinski definition) is 4. The summed E-state index contributed by atoms with van der Waals surface area (Å²) in [5.41, 5.74) is -0.613. The van der Waals surface area contributed by atoms with E-state index in [1.54, 1.807) is 20.8 Å². The van der Waals surface area contributed by atoms with Gasteiger partial charge in [0.15, 0.2) is 20.0 Å². The maximum absolute atomic E-state index is 13.5. The van der Waals surface area contributed by atoms with Crippen LogP contribution in [-0.4, -0.2) is 49.5 Å². The standard InChI is InChI=1S/C22H34F2N2O4Si/c1-21(2,3)29-20(28)26-13-15(30-31(7,8)22(4,5)6)12-18(26)19(27)25-14-9-10-16(23)17(24)11-14/h9-11,15,18H,12-13H2,1-8H3,(H,25,27)/t15-,18-/m0/s1. The van der Waals surface area contributed by atoms with Gasteiger partial charge in [0, 0.05) is 24.7 Å². The first-order valence-electron chi connectivity index (χ1n) is 10.4. The summed E-state index contributed by atoms with van der Waals surface area (Å²) in [7, 11) is -2.14. The lowest BCUT2D eigenvalue weighted by Crippen LogP contribution is -2.46. The van der Waals surface area contributed by atoms with Crippen molar-refractivity contribution in [1.82, 2.24) is 4.90 Å². The fourth-order valence-corrected chi connectivity index (χ4v) is 4.40. The molecule has 0 saturated carbocycles. The molecule has 2 atom stereocenters. The van der Waals surface area contributed by atoms with Gasteiger partial charge in [-0.25, -0.2) is 13.6 Å². The van der Waals surface area contributed by atoms with Gasteiger partial charge in [-0.2, -0.15) is 0 Å². The quantitative estimate of drug-likeness (QED) is 0.624. The number of ether oxygens (including phenoxy) is 1. The summed E-state index contributed by atoms with van der Waals surface area (Å²) >= 11 is 0. The zero-order valence-corrected chi connectivity index (χ0v) is 20.6. The van der Waals surface area contributed by atoms with Crippen molar-refractivity contribution >= 4 is 26.0 Å². The molecule has 2 rings (SSSR count). The SMILES string of the molecule is CC(C)(C)OC(=O)N1C[C@@H](O[Si](C)(C)C(C)(C)C)C[C@H]1C(=O)Nc1ccc(F)c(F)c1. The third-order valence-electron chi connectivity index (χ3n) is 5.65. The molecule has 0 radical (unpaired) electrons. The first kappa shape index (κ1) is 25.3. The van der Waals surface area contributed by atoms with E-state index in [2.05, 4.69) is 39.2 Å². The summed E-state index contributed by atoms with van der Waals surface area (Å²) in [5.74, 6) is -2.57. The number of carbonyl (C=O) groups excluding carboxylic acids is 2. The summed E-state index contributed by atoms with van der Waals surface area (Å²) in [5, 5.41) is 2.54. The van der Waals surface area contributed by atoms with E-state index in [0.29, 0.717) is 6.42 Å². The van der Waals surface area contributed by atoms with Crippen molar-refractivity contribution in [3.05, 3.63) is 29.8 Å². The van der Waals surface area contributed by atoms with Crippen LogP contribution in [0.3, 0.4) is 0 Å². The summed E-state index contributed by atoms with van der Waals surface area (Å²) in [6.07, 6.45) is -0.644. The van der Waals surface area contributed by atoms with Crippen molar-refractivity contribution in [2.75, 3.05) is 11.9 Å². The van der Waals surface area contributed by atoms with Gasteiger partial charge in [0.1, 0.15) is 11.6 Å². The van der Waals surface area contributed by atoms with Crippen LogP contribution in [0.25, 0.3) is 0 Å². The highest BCUT2D eigenvalue weighted by molar-refractivity contribution is 6.74. The molecule has 1 saturated heterocycles. The molecule has 0 aliphatic carbocycles. The monoisotopic (exact) mass is 456 g/mol. The van der Waals surface area contributed by atoms with E-state index in [4.69, 9.17) is 9.16 Å². The maximum atomic E-state index is 13.5. The van der Waals surface area contributed by atoms with Crippen LogP contribution in [0.1, 0.15) is 48.0 Å². The molecule has 1 aromatic rings. The normalized spacial score (nSPS) is 20.0. The zero-order valence-electron chi connectivity index (χ0n) is 19.6. The second kappa shape index (κ2) is 8.86. The Morgan fingerprint density at radius 2 is 1.71 bits per heavy atom. The minimum atomic E-state index is -2.14. The molecule has 0 aromatic heterocycles. The smallest absolute Gasteiger partial charge is 0.411 e. The average Bonchev–Trinajstić information content (AvgIpc) is 2.99. The molecule has 1 heterocycles. The molecule has 2 amide bonds. The van der Waals surface area contributed by atoms with Crippen molar-refractivity contribution in [3.63, 3.8) is 0 Å². The molecule has 1 aliphatic heterocycles. The van der Waals surface area contributed by atoms with E-state index in [-0.39, 0.29) is 23.4 Å². The lowest BCUT2D eigenvalue weighted by Gasteiger charge is -2.38. The second-order valence-electron chi connectivity index (χ2n) is 10.5. The van der Waals surface area contributed by atoms with Crippen LogP contribution >= 0.6 is 0 Å². The summed E-state index contributed by atoms with van der Waals surface area (Å²) < 4.78 is 38.7. The number of amides is 2. The van der Waals surface area contributed by atoms with Crippen LogP contribution in [0.2, 0.25) is 18.1 Å². The number of benzene rings is 1. The van der Waals surface area contributed by atoms with Crippen molar-refractivity contribution in [3.8, 4) is 0 Å². The van der Waals surface area contributed by atoms with Gasteiger partial charge in [0.05, 0.1) is 6.10 Å². The number of nitrogens with one attached hydrogen (secondary N) is 1. The maximum Gasteiger partial charge on any atom is 0.411 e. The van der Waals surface area contributed by atoms with Gasteiger partial charge >= 0.3 is 6.09 Å². The van der Waals surface area contributed by atoms with Crippen LogP contribution in [0.4, 0.5) is 19.3 Å². The molecule has 31 heavy (non-hydrogen) atoms. The third kappa shape index (κ3) is 6.49. The summed E-state index contributed by atoms with van der Waals surface area (Å²) in [4.78, 5) is 27.1. The fourth-order valence-electron chi connectivity index (χ4n) is 3.05. The molecule has 0 spiro atoms. The molecular formula is C22H34F2N2O4Si. The molecule has 1 aromatic carbocycles. The topological polar surface area (TPSA) is 67.9 Å². The molecule has 0 bridgehead atoms. The van der Waals surface area contributed by atoms with Gasteiger partial charge in [-0.1, -0.05) is 20.8 Å². The Morgan fingerprint density at radius 3 is 2.23 bits per heavy atom. The number of rotatable bonds is 4. The average molecular weight is 457 g/mol. The minimum Gasteiger partial charge on any atom is -0.444 e. The number of likely N-dealkylation sites (tertiary alicyclic amines) is 1. The molecule has 1 N–H and O–H groups in total. The van der Waals surface area contributed by atoms with Crippen LogP contribution < -0.4 is 5.32 Å². The predicted octanol–water partition coefficient (Wildman–Crippen LogP) is 5.30. The lowest BCUT2D eigenvalue weighted by atomic mass is 10.1. The van der Waals surface area contributed by atoms with Gasteiger partial charge in [-0.05, 0) is 51.0 Å². The van der Waals surface area contributed by atoms with Gasteiger partial charge in [0.25, 0.3) is 0 Å². The van der Waals surface area contributed by atoms with E-state index >= 15 is 0 Å². The highest BCUT2D eigenvalue weighted by atomic mass is 28.4. The molecule has 174 valence electrons. The van der Waals surface area contributed by atoms with E-state index < -0.39 is 43.6 Å². The Labute approximate surface area is 184 Å². The number of halogens is 2. The van der Waals surface area contributed by atoms with E-state index in [1.807, 2.05) is 0 Å². The third-order valence-corrected chi connectivity index (χ3v) is 10.2. The van der Waals surface area contributed by atoms with E-state index in [0.717, 1.165) is 12.1 Å². The Morgan fingerprint density at radius 1 is 1.10 bits per heavy atom.